The molecule has 0 atom stereocenters. The molecule has 5 rings (SSSR count). The summed E-state index contributed by atoms with van der Waals surface area (Å²) in [6, 6.07) is 17.9. The van der Waals surface area contributed by atoms with E-state index in [4.69, 9.17) is 4.99 Å². The first-order chi connectivity index (χ1) is 15.6. The summed E-state index contributed by atoms with van der Waals surface area (Å²) < 4.78 is 0. The summed E-state index contributed by atoms with van der Waals surface area (Å²) in [5.41, 5.74) is 3.31. The Morgan fingerprint density at radius 2 is 1.88 bits per heavy atom. The van der Waals surface area contributed by atoms with Gasteiger partial charge in [0.25, 0.3) is 5.91 Å². The number of carbonyl (C=O) groups excluding carboxylic acids is 1. The summed E-state index contributed by atoms with van der Waals surface area (Å²) in [5.74, 6) is 1.70. The summed E-state index contributed by atoms with van der Waals surface area (Å²) in [5, 5.41) is 7.17. The Balaban J connectivity index is 1.38. The number of likely N-dealkylation sites (tertiary alicyclic amines) is 1. The number of nitrogens with one attached hydrogen (secondary N) is 2. The number of aromatic nitrogens is 2. The lowest BCUT2D eigenvalue weighted by molar-refractivity contribution is 0.0704. The van der Waals surface area contributed by atoms with Gasteiger partial charge >= 0.3 is 0 Å². The van der Waals surface area contributed by atoms with Crippen LogP contribution in [0.5, 0.6) is 0 Å². The zero-order valence-corrected chi connectivity index (χ0v) is 18.1. The smallest absolute Gasteiger partial charge is 0.255 e. The normalized spacial score (nSPS) is 18.0. The largest absolute Gasteiger partial charge is 0.370 e. The van der Waals surface area contributed by atoms with Crippen LogP contribution < -0.4 is 10.6 Å². The molecule has 1 amide bonds. The van der Waals surface area contributed by atoms with Gasteiger partial charge < -0.3 is 15.5 Å². The van der Waals surface area contributed by atoms with E-state index in [2.05, 4.69) is 32.7 Å². The maximum atomic E-state index is 13.0. The number of nitrogens with zero attached hydrogens (tertiary/aromatic N) is 4. The van der Waals surface area contributed by atoms with E-state index in [0.29, 0.717) is 25.2 Å². The molecule has 162 valence electrons. The second-order valence-electron chi connectivity index (χ2n) is 8.36. The number of aliphatic imine (C=N–C) groups is 1. The van der Waals surface area contributed by atoms with Crippen LogP contribution in [-0.2, 0) is 6.54 Å². The monoisotopic (exact) mass is 426 g/mol. The lowest BCUT2D eigenvalue weighted by Gasteiger charge is -2.46. The number of aryl methyl sites for hydroxylation is 1. The van der Waals surface area contributed by atoms with Gasteiger partial charge in [-0.25, -0.2) is 4.98 Å². The molecule has 0 unspecified atom stereocenters. The Bertz CT molecular complexity index is 1130. The van der Waals surface area contributed by atoms with E-state index in [0.717, 1.165) is 41.4 Å². The molecular formula is C25H26N6O. The second-order valence-corrected chi connectivity index (χ2v) is 8.36. The fraction of sp³-hybridized carbons (Fsp3) is 0.280. The lowest BCUT2D eigenvalue weighted by atomic mass is 9.84. The first kappa shape index (κ1) is 20.2. The van der Waals surface area contributed by atoms with Crippen LogP contribution in [0.25, 0.3) is 0 Å². The van der Waals surface area contributed by atoms with Gasteiger partial charge in [0.15, 0.2) is 5.82 Å². The van der Waals surface area contributed by atoms with Crippen molar-refractivity contribution in [3.8, 4) is 0 Å². The van der Waals surface area contributed by atoms with Crippen molar-refractivity contribution in [3.05, 3.63) is 83.8 Å². The molecule has 32 heavy (non-hydrogen) atoms. The third kappa shape index (κ3) is 3.93. The van der Waals surface area contributed by atoms with Gasteiger partial charge in [-0.2, -0.15) is 0 Å². The van der Waals surface area contributed by atoms with Crippen molar-refractivity contribution in [2.24, 2.45) is 4.99 Å². The van der Waals surface area contributed by atoms with Gasteiger partial charge in [-0.15, -0.1) is 0 Å². The number of hydrogen-bond acceptors (Lipinski definition) is 5. The van der Waals surface area contributed by atoms with E-state index >= 15 is 0 Å². The van der Waals surface area contributed by atoms with Crippen LogP contribution in [0, 0.1) is 6.92 Å². The van der Waals surface area contributed by atoms with Gasteiger partial charge in [-0.05, 0) is 49.6 Å². The number of rotatable bonds is 3. The third-order valence-corrected chi connectivity index (χ3v) is 6.20. The van der Waals surface area contributed by atoms with Gasteiger partial charge in [0.1, 0.15) is 5.84 Å². The predicted octanol–water partition coefficient (Wildman–Crippen LogP) is 3.90. The van der Waals surface area contributed by atoms with Crippen molar-refractivity contribution >= 4 is 23.2 Å². The minimum Gasteiger partial charge on any atom is -0.370 e. The molecule has 2 aliphatic rings. The molecule has 1 fully saturated rings. The number of amidine groups is 1. The first-order valence-electron chi connectivity index (χ1n) is 10.9. The quantitative estimate of drug-likeness (QED) is 0.664. The Morgan fingerprint density at radius 1 is 1.06 bits per heavy atom. The van der Waals surface area contributed by atoms with Gasteiger partial charge in [0.05, 0.1) is 23.3 Å². The second kappa shape index (κ2) is 8.42. The molecule has 1 aromatic carbocycles. The predicted molar refractivity (Wildman–Crippen MR) is 126 cm³/mol. The molecule has 0 saturated carbocycles. The van der Waals surface area contributed by atoms with Crippen LogP contribution >= 0.6 is 0 Å². The molecule has 0 aliphatic carbocycles. The maximum absolute atomic E-state index is 13.0. The Kier molecular flexibility index (Phi) is 5.31. The number of piperidine rings is 1. The average Bonchev–Trinajstić information content (AvgIpc) is 2.84. The van der Waals surface area contributed by atoms with E-state index in [-0.39, 0.29) is 11.4 Å². The molecule has 7 nitrogen and oxygen atoms in total. The standard InChI is InChI=1S/C25H26N6O/c1-18-9-10-20(17-27-18)23(32)31-14-11-25(12-15-31)24(28-16-19-6-3-2-4-7-19)29-22-21(30-25)8-5-13-26-22/h2-10,13,17,30H,11-12,14-16H2,1H3,(H,26,28,29). The Hall–Kier alpha value is -3.74. The number of fused-ring (bicyclic) bond motifs is 1. The molecular weight excluding hydrogens is 400 g/mol. The highest BCUT2D eigenvalue weighted by molar-refractivity contribution is 6.08. The summed E-state index contributed by atoms with van der Waals surface area (Å²) in [7, 11) is 0. The average molecular weight is 427 g/mol. The summed E-state index contributed by atoms with van der Waals surface area (Å²) in [4.78, 5) is 28.6. The minimum atomic E-state index is -0.354. The number of benzene rings is 1. The van der Waals surface area contributed by atoms with Crippen molar-refractivity contribution in [1.29, 1.82) is 0 Å². The Morgan fingerprint density at radius 3 is 2.62 bits per heavy atom. The van der Waals surface area contributed by atoms with Gasteiger partial charge in [0, 0.05) is 31.2 Å². The van der Waals surface area contributed by atoms with Crippen molar-refractivity contribution in [2.45, 2.75) is 31.8 Å². The third-order valence-electron chi connectivity index (χ3n) is 6.20. The van der Waals surface area contributed by atoms with E-state index in [1.54, 1.807) is 12.4 Å². The molecule has 3 aromatic rings. The highest BCUT2D eigenvalue weighted by Gasteiger charge is 2.43. The Labute approximate surface area is 187 Å². The van der Waals surface area contributed by atoms with Crippen LogP contribution in [0.2, 0.25) is 0 Å². The van der Waals surface area contributed by atoms with Gasteiger partial charge in [-0.3, -0.25) is 14.8 Å². The molecule has 0 bridgehead atoms. The lowest BCUT2D eigenvalue weighted by Crippen LogP contribution is -2.59. The van der Waals surface area contributed by atoms with Gasteiger partial charge in [0.2, 0.25) is 0 Å². The van der Waals surface area contributed by atoms with Crippen molar-refractivity contribution in [2.75, 3.05) is 23.7 Å². The maximum Gasteiger partial charge on any atom is 0.255 e. The van der Waals surface area contributed by atoms with E-state index in [1.165, 1.54) is 0 Å². The molecule has 4 heterocycles. The molecule has 1 saturated heterocycles. The van der Waals surface area contributed by atoms with E-state index in [9.17, 15) is 4.79 Å². The fourth-order valence-electron chi connectivity index (χ4n) is 4.33. The van der Waals surface area contributed by atoms with Crippen molar-refractivity contribution in [1.82, 2.24) is 14.9 Å². The van der Waals surface area contributed by atoms with Gasteiger partial charge in [-0.1, -0.05) is 30.3 Å². The topological polar surface area (TPSA) is 82.5 Å². The van der Waals surface area contributed by atoms with Crippen molar-refractivity contribution < 1.29 is 4.79 Å². The SMILES string of the molecule is Cc1ccc(C(=O)N2CCC3(CC2)Nc2cccnc2NC3=NCc2ccccc2)cn1. The zero-order valence-electron chi connectivity index (χ0n) is 18.1. The summed E-state index contributed by atoms with van der Waals surface area (Å²) in [6.07, 6.45) is 4.95. The number of pyridine rings is 2. The van der Waals surface area contributed by atoms with Crippen LogP contribution in [0.15, 0.2) is 72.0 Å². The van der Waals surface area contributed by atoms with E-state index in [1.807, 2.05) is 54.3 Å². The fourth-order valence-corrected chi connectivity index (χ4v) is 4.33. The molecule has 2 aromatic heterocycles. The number of amides is 1. The molecule has 2 aliphatic heterocycles. The number of carbonyl (C=O) groups is 1. The number of hydrogen-bond donors (Lipinski definition) is 2. The zero-order chi connectivity index (χ0) is 22.0. The van der Waals surface area contributed by atoms with Crippen LogP contribution in [0.3, 0.4) is 0 Å². The number of anilines is 2. The first-order valence-corrected chi connectivity index (χ1v) is 10.9. The highest BCUT2D eigenvalue weighted by atomic mass is 16.2. The molecule has 7 heteroatoms. The highest BCUT2D eigenvalue weighted by Crippen LogP contribution is 2.36. The minimum absolute atomic E-state index is 0.0287. The molecule has 1 spiro atoms. The molecule has 0 radical (unpaired) electrons. The van der Waals surface area contributed by atoms with Crippen molar-refractivity contribution in [3.63, 3.8) is 0 Å². The molecule has 2 N–H and O–H groups in total. The van der Waals surface area contributed by atoms with Crippen LogP contribution in [0.1, 0.15) is 34.5 Å². The summed E-state index contributed by atoms with van der Waals surface area (Å²) in [6.45, 7) is 3.79. The van der Waals surface area contributed by atoms with E-state index < -0.39 is 0 Å². The summed E-state index contributed by atoms with van der Waals surface area (Å²) >= 11 is 0. The van der Waals surface area contributed by atoms with Crippen LogP contribution in [0.4, 0.5) is 11.5 Å². The van der Waals surface area contributed by atoms with Crippen LogP contribution in [-0.4, -0.2) is 45.2 Å².